The second-order valence-corrected chi connectivity index (χ2v) is 8.45. The molecule has 1 aromatic heterocycles. The van der Waals surface area contributed by atoms with Crippen molar-refractivity contribution < 1.29 is 22.7 Å². The molecule has 1 fully saturated rings. The highest BCUT2D eigenvalue weighted by Crippen LogP contribution is 2.40. The monoisotopic (exact) mass is 483 g/mol. The predicted molar refractivity (Wildman–Crippen MR) is 125 cm³/mol. The van der Waals surface area contributed by atoms with Crippen molar-refractivity contribution in [3.63, 3.8) is 0 Å². The third-order valence-electron chi connectivity index (χ3n) is 6.14. The van der Waals surface area contributed by atoms with Crippen LogP contribution in [0.5, 0.6) is 5.75 Å². The quantitative estimate of drug-likeness (QED) is 0.582. The van der Waals surface area contributed by atoms with Gasteiger partial charge in [0, 0.05) is 62.4 Å². The van der Waals surface area contributed by atoms with Crippen molar-refractivity contribution in [2.45, 2.75) is 12.9 Å². The van der Waals surface area contributed by atoms with Gasteiger partial charge in [0.05, 0.1) is 12.0 Å². The van der Waals surface area contributed by atoms with Gasteiger partial charge in [0.25, 0.3) is 5.91 Å². The van der Waals surface area contributed by atoms with E-state index in [-0.39, 0.29) is 17.2 Å². The number of amides is 1. The van der Waals surface area contributed by atoms with Gasteiger partial charge in [-0.05, 0) is 29.8 Å². The third kappa shape index (κ3) is 5.17. The predicted octanol–water partition coefficient (Wildman–Crippen LogP) is 4.43. The number of aromatic amines is 1. The number of benzene rings is 2. The molecule has 1 amide bonds. The van der Waals surface area contributed by atoms with E-state index in [0.29, 0.717) is 39.3 Å². The number of rotatable bonds is 5. The number of piperazine rings is 1. The normalized spacial score (nSPS) is 16.3. The minimum Gasteiger partial charge on any atom is -0.404 e. The summed E-state index contributed by atoms with van der Waals surface area (Å²) in [5, 5.41) is 0. The van der Waals surface area contributed by atoms with E-state index in [9.17, 15) is 18.0 Å². The molecule has 7 nitrogen and oxygen atoms in total. The molecule has 0 bridgehead atoms. The summed E-state index contributed by atoms with van der Waals surface area (Å²) in [7, 11) is 0. The van der Waals surface area contributed by atoms with Crippen LogP contribution in [-0.4, -0.2) is 64.8 Å². The summed E-state index contributed by atoms with van der Waals surface area (Å²) in [4.78, 5) is 25.8. The van der Waals surface area contributed by atoms with E-state index >= 15 is 0 Å². The molecule has 0 spiro atoms. The number of nitrogens with one attached hydrogen (secondary N) is 1. The topological polar surface area (TPSA) is 64.7 Å². The molecular weight excluding hydrogens is 459 g/mol. The first-order valence-electron chi connectivity index (χ1n) is 11.3. The first-order chi connectivity index (χ1) is 16.9. The molecule has 2 aliphatic heterocycles. The van der Waals surface area contributed by atoms with Crippen molar-refractivity contribution in [2.75, 3.05) is 37.6 Å². The molecule has 1 N–H and O–H groups in total. The van der Waals surface area contributed by atoms with Crippen LogP contribution in [0.3, 0.4) is 0 Å². The highest BCUT2D eigenvalue weighted by molar-refractivity contribution is 5.96. The van der Waals surface area contributed by atoms with E-state index in [1.165, 1.54) is 12.1 Å². The highest BCUT2D eigenvalue weighted by Gasteiger charge is 2.34. The first kappa shape index (κ1) is 23.0. The molecule has 0 unspecified atom stereocenters. The van der Waals surface area contributed by atoms with Crippen LogP contribution in [0.2, 0.25) is 0 Å². The van der Waals surface area contributed by atoms with Crippen LogP contribution in [0.15, 0.2) is 61.1 Å². The number of anilines is 2. The van der Waals surface area contributed by atoms with Crippen molar-refractivity contribution in [2.24, 2.45) is 0 Å². The fraction of sp³-hybridized carbons (Fsp3) is 0.280. The number of carbonyl (C=O) groups excluding carboxylic acids is 1. The average molecular weight is 483 g/mol. The van der Waals surface area contributed by atoms with Crippen LogP contribution in [0.25, 0.3) is 6.08 Å². The maximum absolute atomic E-state index is 13.3. The number of imidazole rings is 1. The average Bonchev–Trinajstić information content (AvgIpc) is 3.36. The molecule has 0 atom stereocenters. The molecule has 2 aliphatic rings. The van der Waals surface area contributed by atoms with E-state index in [1.807, 2.05) is 36.4 Å². The zero-order chi connectivity index (χ0) is 24.4. The van der Waals surface area contributed by atoms with Gasteiger partial charge in [0.1, 0.15) is 0 Å². The summed E-state index contributed by atoms with van der Waals surface area (Å²) in [6, 6.07) is 11.7. The van der Waals surface area contributed by atoms with Crippen LogP contribution in [0, 0.1) is 0 Å². The Morgan fingerprint density at radius 2 is 1.86 bits per heavy atom. The second kappa shape index (κ2) is 9.46. The Balaban J connectivity index is 1.36. The van der Waals surface area contributed by atoms with Crippen molar-refractivity contribution in [1.29, 1.82) is 0 Å². The number of fused-ring (bicyclic) bond motifs is 1. The number of H-pyrrole nitrogens is 1. The van der Waals surface area contributed by atoms with Gasteiger partial charge in [-0.25, -0.2) is 4.98 Å². The Morgan fingerprint density at radius 1 is 1.06 bits per heavy atom. The lowest BCUT2D eigenvalue weighted by molar-refractivity contribution is -0.274. The van der Waals surface area contributed by atoms with E-state index in [2.05, 4.69) is 19.6 Å². The summed E-state index contributed by atoms with van der Waals surface area (Å²) in [5.74, 6) is -0.713. The molecule has 10 heteroatoms. The van der Waals surface area contributed by atoms with Gasteiger partial charge in [-0.1, -0.05) is 30.4 Å². The Morgan fingerprint density at radius 3 is 2.60 bits per heavy atom. The third-order valence-corrected chi connectivity index (χ3v) is 6.14. The lowest BCUT2D eigenvalue weighted by atomic mass is 10.1. The highest BCUT2D eigenvalue weighted by atomic mass is 19.4. The van der Waals surface area contributed by atoms with Crippen LogP contribution in [-0.2, 0) is 6.54 Å². The van der Waals surface area contributed by atoms with E-state index < -0.39 is 12.1 Å². The van der Waals surface area contributed by atoms with Gasteiger partial charge in [0.15, 0.2) is 5.75 Å². The van der Waals surface area contributed by atoms with E-state index in [4.69, 9.17) is 0 Å². The number of para-hydroxylation sites is 1. The van der Waals surface area contributed by atoms with Gasteiger partial charge < -0.3 is 19.5 Å². The van der Waals surface area contributed by atoms with Crippen molar-refractivity contribution in [3.8, 4) is 5.75 Å². The molecule has 0 saturated carbocycles. The standard InChI is InChI=1S/C25H24F3N5O2/c26-25(27,28)35-23-14-19(7-8-22(23)33-9-3-5-18-4-1-2-6-21(18)33)24(34)32-12-10-31(11-13-32)16-20-15-29-17-30-20/h1-8,14-15,17H,9-13,16H2,(H,29,30). The number of ether oxygens (including phenoxy) is 1. The zero-order valence-electron chi connectivity index (χ0n) is 18.8. The van der Waals surface area contributed by atoms with Gasteiger partial charge >= 0.3 is 6.36 Å². The fourth-order valence-corrected chi connectivity index (χ4v) is 4.47. The number of hydrogen-bond acceptors (Lipinski definition) is 5. The fourth-order valence-electron chi connectivity index (χ4n) is 4.47. The van der Waals surface area contributed by atoms with Gasteiger partial charge in [-0.2, -0.15) is 0 Å². The second-order valence-electron chi connectivity index (χ2n) is 8.45. The molecule has 0 radical (unpaired) electrons. The number of halogens is 3. The van der Waals surface area contributed by atoms with Gasteiger partial charge in [-0.15, -0.1) is 13.2 Å². The Kier molecular flexibility index (Phi) is 6.21. The van der Waals surface area contributed by atoms with Gasteiger partial charge in [0.2, 0.25) is 0 Å². The Bertz CT molecular complexity index is 1220. The van der Waals surface area contributed by atoms with Crippen LogP contribution in [0.4, 0.5) is 24.5 Å². The smallest absolute Gasteiger partial charge is 0.404 e. The minimum atomic E-state index is -4.89. The maximum Gasteiger partial charge on any atom is 0.573 e. The Hall–Kier alpha value is -3.79. The van der Waals surface area contributed by atoms with E-state index in [0.717, 1.165) is 16.9 Å². The molecule has 3 heterocycles. The van der Waals surface area contributed by atoms with Crippen molar-refractivity contribution >= 4 is 23.4 Å². The number of carbonyl (C=O) groups is 1. The summed E-state index contributed by atoms with van der Waals surface area (Å²) in [6.45, 7) is 3.36. The lowest BCUT2D eigenvalue weighted by Crippen LogP contribution is -2.48. The van der Waals surface area contributed by atoms with Crippen molar-refractivity contribution in [1.82, 2.24) is 19.8 Å². The van der Waals surface area contributed by atoms with Crippen LogP contribution in [0.1, 0.15) is 21.6 Å². The summed E-state index contributed by atoms with van der Waals surface area (Å²) in [5.41, 5.74) is 3.07. The molecule has 3 aromatic rings. The van der Waals surface area contributed by atoms with Crippen molar-refractivity contribution in [3.05, 3.63) is 77.9 Å². The number of hydrogen-bond donors (Lipinski definition) is 1. The summed E-state index contributed by atoms with van der Waals surface area (Å²) in [6.07, 6.45) is 2.30. The van der Waals surface area contributed by atoms with Crippen LogP contribution < -0.4 is 9.64 Å². The number of nitrogens with zero attached hydrogens (tertiary/aromatic N) is 4. The largest absolute Gasteiger partial charge is 0.573 e. The number of aromatic nitrogens is 2. The molecule has 2 aromatic carbocycles. The summed E-state index contributed by atoms with van der Waals surface area (Å²) < 4.78 is 44.3. The Labute approximate surface area is 200 Å². The lowest BCUT2D eigenvalue weighted by Gasteiger charge is -2.34. The molecule has 35 heavy (non-hydrogen) atoms. The molecule has 5 rings (SSSR count). The molecule has 0 aliphatic carbocycles. The molecule has 1 saturated heterocycles. The molecular formula is C25H24F3N5O2. The van der Waals surface area contributed by atoms with E-state index in [1.54, 1.807) is 28.4 Å². The minimum absolute atomic E-state index is 0.163. The SMILES string of the molecule is O=C(c1ccc(N2CC=Cc3ccccc32)c(OC(F)(F)F)c1)N1CCN(Cc2cnc[nH]2)CC1. The first-order valence-corrected chi connectivity index (χ1v) is 11.3. The van der Waals surface area contributed by atoms with Crippen LogP contribution >= 0.6 is 0 Å². The van der Waals surface area contributed by atoms with Gasteiger partial charge in [-0.3, -0.25) is 9.69 Å². The zero-order valence-corrected chi connectivity index (χ0v) is 18.8. The number of alkyl halides is 3. The maximum atomic E-state index is 13.3. The summed E-state index contributed by atoms with van der Waals surface area (Å²) >= 11 is 0. The molecule has 182 valence electrons.